The summed E-state index contributed by atoms with van der Waals surface area (Å²) in [6.07, 6.45) is 3.31. The van der Waals surface area contributed by atoms with Crippen LogP contribution in [0.1, 0.15) is 53.9 Å². The van der Waals surface area contributed by atoms with Gasteiger partial charge in [-0.05, 0) is 36.0 Å². The minimum Gasteiger partial charge on any atom is -0.393 e. The molecule has 0 heterocycles. The molecule has 0 spiro atoms. The topological polar surface area (TPSA) is 20.2 Å². The molecule has 1 aliphatic carbocycles. The maximum atomic E-state index is 10.0. The van der Waals surface area contributed by atoms with Gasteiger partial charge in [0.1, 0.15) is 0 Å². The third kappa shape index (κ3) is 2.70. The highest BCUT2D eigenvalue weighted by Gasteiger charge is 2.39. The Hall–Kier alpha value is -0.0400. The molecule has 0 aromatic rings. The molecule has 1 N–H and O–H groups in total. The number of aliphatic hydroxyl groups is 1. The molecule has 1 fully saturated rings. The van der Waals surface area contributed by atoms with Gasteiger partial charge in [-0.2, -0.15) is 0 Å². The van der Waals surface area contributed by atoms with Crippen LogP contribution in [0.5, 0.6) is 0 Å². The van der Waals surface area contributed by atoms with E-state index in [1.165, 1.54) is 12.8 Å². The van der Waals surface area contributed by atoms with Gasteiger partial charge in [0.2, 0.25) is 0 Å². The molecule has 2 atom stereocenters. The second-order valence-corrected chi connectivity index (χ2v) is 6.45. The Labute approximate surface area is 82.5 Å². The summed E-state index contributed by atoms with van der Waals surface area (Å²) in [7, 11) is 0. The first-order valence-electron chi connectivity index (χ1n) is 5.40. The van der Waals surface area contributed by atoms with Gasteiger partial charge >= 0.3 is 0 Å². The summed E-state index contributed by atoms with van der Waals surface area (Å²) >= 11 is 0. The van der Waals surface area contributed by atoms with Crippen LogP contribution in [-0.4, -0.2) is 11.2 Å². The highest BCUT2D eigenvalue weighted by atomic mass is 16.3. The fourth-order valence-electron chi connectivity index (χ4n) is 2.56. The van der Waals surface area contributed by atoms with Gasteiger partial charge in [0, 0.05) is 0 Å². The first-order valence-corrected chi connectivity index (χ1v) is 5.40. The van der Waals surface area contributed by atoms with E-state index in [9.17, 15) is 5.11 Å². The molecule has 2 unspecified atom stereocenters. The van der Waals surface area contributed by atoms with Crippen LogP contribution in [0.4, 0.5) is 0 Å². The van der Waals surface area contributed by atoms with Crippen LogP contribution in [-0.2, 0) is 0 Å². The SMILES string of the molecule is CC1(C)CCC(C(C)(C)C)C(O)C1. The van der Waals surface area contributed by atoms with E-state index in [0.717, 1.165) is 6.42 Å². The molecule has 1 aliphatic rings. The van der Waals surface area contributed by atoms with Crippen molar-refractivity contribution in [2.45, 2.75) is 60.0 Å². The van der Waals surface area contributed by atoms with Crippen molar-refractivity contribution in [3.8, 4) is 0 Å². The van der Waals surface area contributed by atoms with E-state index in [0.29, 0.717) is 11.3 Å². The van der Waals surface area contributed by atoms with Gasteiger partial charge in [0.25, 0.3) is 0 Å². The van der Waals surface area contributed by atoms with E-state index < -0.39 is 0 Å². The smallest absolute Gasteiger partial charge is 0.0578 e. The van der Waals surface area contributed by atoms with Gasteiger partial charge in [-0.3, -0.25) is 0 Å². The Balaban J connectivity index is 2.64. The van der Waals surface area contributed by atoms with Gasteiger partial charge in [0.15, 0.2) is 0 Å². The van der Waals surface area contributed by atoms with Crippen molar-refractivity contribution in [2.24, 2.45) is 16.7 Å². The molecule has 13 heavy (non-hydrogen) atoms. The van der Waals surface area contributed by atoms with Crippen molar-refractivity contribution in [1.82, 2.24) is 0 Å². The van der Waals surface area contributed by atoms with Crippen LogP contribution in [0.25, 0.3) is 0 Å². The molecule has 1 saturated carbocycles. The first-order chi connectivity index (χ1) is 5.72. The lowest BCUT2D eigenvalue weighted by Crippen LogP contribution is -2.40. The molecular formula is C12H24O. The second-order valence-electron chi connectivity index (χ2n) is 6.45. The number of rotatable bonds is 0. The van der Waals surface area contributed by atoms with E-state index >= 15 is 0 Å². The first kappa shape index (κ1) is 11.0. The van der Waals surface area contributed by atoms with Crippen molar-refractivity contribution in [2.75, 3.05) is 0 Å². The fraction of sp³-hybridized carbons (Fsp3) is 1.00. The molecule has 78 valence electrons. The van der Waals surface area contributed by atoms with E-state index in [-0.39, 0.29) is 11.5 Å². The van der Waals surface area contributed by atoms with Crippen LogP contribution < -0.4 is 0 Å². The van der Waals surface area contributed by atoms with Gasteiger partial charge in [-0.15, -0.1) is 0 Å². The van der Waals surface area contributed by atoms with E-state index in [1.807, 2.05) is 0 Å². The van der Waals surface area contributed by atoms with Gasteiger partial charge in [0.05, 0.1) is 6.10 Å². The maximum absolute atomic E-state index is 10.0. The molecule has 1 heteroatoms. The number of hydrogen-bond acceptors (Lipinski definition) is 1. The lowest BCUT2D eigenvalue weighted by Gasteiger charge is -2.44. The summed E-state index contributed by atoms with van der Waals surface area (Å²) in [6, 6.07) is 0. The predicted molar refractivity (Wildman–Crippen MR) is 56.6 cm³/mol. The maximum Gasteiger partial charge on any atom is 0.0578 e. The highest BCUT2D eigenvalue weighted by molar-refractivity contribution is 4.89. The normalized spacial score (nSPS) is 34.6. The molecular weight excluding hydrogens is 160 g/mol. The van der Waals surface area contributed by atoms with Crippen molar-refractivity contribution >= 4 is 0 Å². The Morgan fingerprint density at radius 1 is 1.23 bits per heavy atom. The molecule has 1 nitrogen and oxygen atoms in total. The van der Waals surface area contributed by atoms with Crippen molar-refractivity contribution in [3.63, 3.8) is 0 Å². The van der Waals surface area contributed by atoms with Gasteiger partial charge < -0.3 is 5.11 Å². The standard InChI is InChI=1S/C12H24O/c1-11(2,3)9-6-7-12(4,5)8-10(9)13/h9-10,13H,6-8H2,1-5H3. The van der Waals surface area contributed by atoms with Crippen LogP contribution in [0, 0.1) is 16.7 Å². The summed E-state index contributed by atoms with van der Waals surface area (Å²) in [5.74, 6) is 0.487. The average molecular weight is 184 g/mol. The fourth-order valence-corrected chi connectivity index (χ4v) is 2.56. The molecule has 0 radical (unpaired) electrons. The third-order valence-corrected chi connectivity index (χ3v) is 3.47. The van der Waals surface area contributed by atoms with Crippen LogP contribution in [0.15, 0.2) is 0 Å². The van der Waals surface area contributed by atoms with Gasteiger partial charge in [-0.1, -0.05) is 34.6 Å². The zero-order valence-corrected chi connectivity index (χ0v) is 9.72. The van der Waals surface area contributed by atoms with Crippen molar-refractivity contribution in [1.29, 1.82) is 0 Å². The Bertz CT molecular complexity index is 176. The highest BCUT2D eigenvalue weighted by Crippen LogP contribution is 2.44. The van der Waals surface area contributed by atoms with E-state index in [2.05, 4.69) is 34.6 Å². The quantitative estimate of drug-likeness (QED) is 0.613. The summed E-state index contributed by atoms with van der Waals surface area (Å²) in [5, 5.41) is 10.0. The molecule has 0 bridgehead atoms. The van der Waals surface area contributed by atoms with Gasteiger partial charge in [-0.25, -0.2) is 0 Å². The summed E-state index contributed by atoms with van der Waals surface area (Å²) in [4.78, 5) is 0. The Morgan fingerprint density at radius 3 is 2.15 bits per heavy atom. The minimum atomic E-state index is -0.0938. The zero-order chi connectivity index (χ0) is 10.3. The third-order valence-electron chi connectivity index (χ3n) is 3.47. The van der Waals surface area contributed by atoms with Crippen molar-refractivity contribution < 1.29 is 5.11 Å². The van der Waals surface area contributed by atoms with E-state index in [4.69, 9.17) is 0 Å². The minimum absolute atomic E-state index is 0.0938. The molecule has 0 aromatic carbocycles. The molecule has 0 aromatic heterocycles. The lowest BCUT2D eigenvalue weighted by molar-refractivity contribution is -0.0304. The summed E-state index contributed by atoms with van der Waals surface area (Å²) < 4.78 is 0. The van der Waals surface area contributed by atoms with Crippen LogP contribution in [0.2, 0.25) is 0 Å². The largest absolute Gasteiger partial charge is 0.393 e. The lowest BCUT2D eigenvalue weighted by atomic mass is 9.64. The zero-order valence-electron chi connectivity index (χ0n) is 9.72. The predicted octanol–water partition coefficient (Wildman–Crippen LogP) is 3.22. The number of aliphatic hydroxyl groups excluding tert-OH is 1. The average Bonchev–Trinajstić information content (AvgIpc) is 1.80. The van der Waals surface area contributed by atoms with Crippen LogP contribution in [0.3, 0.4) is 0 Å². The summed E-state index contributed by atoms with van der Waals surface area (Å²) in [5.41, 5.74) is 0.608. The molecule has 0 aliphatic heterocycles. The Kier molecular flexibility index (Phi) is 2.78. The number of hydrogen-bond donors (Lipinski definition) is 1. The molecule has 0 amide bonds. The molecule has 1 rings (SSSR count). The second kappa shape index (κ2) is 3.27. The van der Waals surface area contributed by atoms with Crippen LogP contribution >= 0.6 is 0 Å². The van der Waals surface area contributed by atoms with Crippen molar-refractivity contribution in [3.05, 3.63) is 0 Å². The van der Waals surface area contributed by atoms with E-state index in [1.54, 1.807) is 0 Å². The Morgan fingerprint density at radius 2 is 1.77 bits per heavy atom. The molecule has 0 saturated heterocycles. The monoisotopic (exact) mass is 184 g/mol. The summed E-state index contributed by atoms with van der Waals surface area (Å²) in [6.45, 7) is 11.2.